The van der Waals surface area contributed by atoms with Gasteiger partial charge in [-0.15, -0.1) is 13.2 Å². The SMILES string of the molecule is C=CCN(CC=C)/C(=C/CCC)C(N)=O. The number of carbonyl (C=O) groups excluding carboxylic acids is 1. The molecule has 0 radical (unpaired) electrons. The monoisotopic (exact) mass is 208 g/mol. The average molecular weight is 208 g/mol. The van der Waals surface area contributed by atoms with E-state index in [4.69, 9.17) is 5.73 Å². The molecule has 0 aromatic rings. The number of amides is 1. The van der Waals surface area contributed by atoms with E-state index in [0.29, 0.717) is 18.8 Å². The fourth-order valence-electron chi connectivity index (χ4n) is 1.25. The van der Waals surface area contributed by atoms with Crippen molar-refractivity contribution in [1.82, 2.24) is 4.90 Å². The van der Waals surface area contributed by atoms with Crippen LogP contribution in [0.1, 0.15) is 19.8 Å². The second kappa shape index (κ2) is 7.85. The molecule has 0 saturated heterocycles. The predicted molar refractivity (Wildman–Crippen MR) is 64.2 cm³/mol. The third-order valence-electron chi connectivity index (χ3n) is 1.92. The van der Waals surface area contributed by atoms with Gasteiger partial charge in [0, 0.05) is 13.1 Å². The zero-order valence-electron chi connectivity index (χ0n) is 9.41. The average Bonchev–Trinajstić information content (AvgIpc) is 2.18. The van der Waals surface area contributed by atoms with Crippen LogP contribution in [0.3, 0.4) is 0 Å². The van der Waals surface area contributed by atoms with Crippen molar-refractivity contribution in [3.63, 3.8) is 0 Å². The van der Waals surface area contributed by atoms with Crippen LogP contribution in [0.15, 0.2) is 37.1 Å². The van der Waals surface area contributed by atoms with Gasteiger partial charge >= 0.3 is 0 Å². The van der Waals surface area contributed by atoms with Gasteiger partial charge < -0.3 is 10.6 Å². The Morgan fingerprint density at radius 2 is 1.87 bits per heavy atom. The van der Waals surface area contributed by atoms with E-state index in [2.05, 4.69) is 20.1 Å². The highest BCUT2D eigenvalue weighted by Gasteiger charge is 2.11. The van der Waals surface area contributed by atoms with E-state index >= 15 is 0 Å². The van der Waals surface area contributed by atoms with Crippen LogP contribution >= 0.6 is 0 Å². The van der Waals surface area contributed by atoms with Crippen molar-refractivity contribution in [2.75, 3.05) is 13.1 Å². The molecular weight excluding hydrogens is 188 g/mol. The summed E-state index contributed by atoms with van der Waals surface area (Å²) in [7, 11) is 0. The Morgan fingerprint density at radius 1 is 1.33 bits per heavy atom. The van der Waals surface area contributed by atoms with Gasteiger partial charge in [-0.1, -0.05) is 31.6 Å². The summed E-state index contributed by atoms with van der Waals surface area (Å²) in [6.07, 6.45) is 7.20. The first-order valence-electron chi connectivity index (χ1n) is 5.14. The van der Waals surface area contributed by atoms with E-state index in [1.54, 1.807) is 12.2 Å². The molecule has 84 valence electrons. The molecule has 0 rings (SSSR count). The Bertz CT molecular complexity index is 246. The second-order valence-corrected chi connectivity index (χ2v) is 3.22. The van der Waals surface area contributed by atoms with Gasteiger partial charge in [0.05, 0.1) is 5.70 Å². The van der Waals surface area contributed by atoms with Gasteiger partial charge in [0.25, 0.3) is 5.91 Å². The Balaban J connectivity index is 4.72. The lowest BCUT2D eigenvalue weighted by atomic mass is 10.2. The number of hydrogen-bond donors (Lipinski definition) is 1. The fourth-order valence-corrected chi connectivity index (χ4v) is 1.25. The molecule has 3 heteroatoms. The predicted octanol–water partition coefficient (Wildman–Crippen LogP) is 1.83. The number of allylic oxidation sites excluding steroid dienone is 1. The van der Waals surface area contributed by atoms with Crippen LogP contribution < -0.4 is 5.73 Å². The number of nitrogens with zero attached hydrogens (tertiary/aromatic N) is 1. The van der Waals surface area contributed by atoms with Crippen molar-refractivity contribution < 1.29 is 4.79 Å². The van der Waals surface area contributed by atoms with Crippen LogP contribution in [0.4, 0.5) is 0 Å². The van der Waals surface area contributed by atoms with E-state index in [9.17, 15) is 4.79 Å². The number of carbonyl (C=O) groups is 1. The highest BCUT2D eigenvalue weighted by molar-refractivity contribution is 5.91. The van der Waals surface area contributed by atoms with Crippen LogP contribution in [0.2, 0.25) is 0 Å². The van der Waals surface area contributed by atoms with Crippen LogP contribution in [0.5, 0.6) is 0 Å². The minimum absolute atomic E-state index is 0.396. The maximum Gasteiger partial charge on any atom is 0.264 e. The summed E-state index contributed by atoms with van der Waals surface area (Å²) in [5.74, 6) is -0.396. The van der Waals surface area contributed by atoms with Crippen molar-refractivity contribution in [3.8, 4) is 0 Å². The normalized spacial score (nSPS) is 10.9. The van der Waals surface area contributed by atoms with Crippen molar-refractivity contribution >= 4 is 5.91 Å². The summed E-state index contributed by atoms with van der Waals surface area (Å²) in [5, 5.41) is 0. The minimum atomic E-state index is -0.396. The smallest absolute Gasteiger partial charge is 0.264 e. The van der Waals surface area contributed by atoms with Crippen molar-refractivity contribution in [2.24, 2.45) is 5.73 Å². The first-order chi connectivity index (χ1) is 7.17. The van der Waals surface area contributed by atoms with E-state index in [-0.39, 0.29) is 0 Å². The molecule has 0 aromatic heterocycles. The highest BCUT2D eigenvalue weighted by atomic mass is 16.1. The molecule has 15 heavy (non-hydrogen) atoms. The van der Waals surface area contributed by atoms with Gasteiger partial charge in [0.1, 0.15) is 0 Å². The van der Waals surface area contributed by atoms with Gasteiger partial charge in [-0.3, -0.25) is 4.79 Å². The summed E-state index contributed by atoms with van der Waals surface area (Å²) in [5.41, 5.74) is 5.87. The lowest BCUT2D eigenvalue weighted by Gasteiger charge is -2.22. The zero-order valence-corrected chi connectivity index (χ0v) is 9.41. The van der Waals surface area contributed by atoms with E-state index < -0.39 is 5.91 Å². The van der Waals surface area contributed by atoms with Crippen LogP contribution in [-0.4, -0.2) is 23.9 Å². The van der Waals surface area contributed by atoms with Crippen molar-refractivity contribution in [1.29, 1.82) is 0 Å². The molecule has 0 heterocycles. The molecule has 0 aliphatic rings. The van der Waals surface area contributed by atoms with Crippen LogP contribution in [0.25, 0.3) is 0 Å². The first-order valence-corrected chi connectivity index (χ1v) is 5.14. The lowest BCUT2D eigenvalue weighted by Crippen LogP contribution is -2.31. The summed E-state index contributed by atoms with van der Waals surface area (Å²) in [4.78, 5) is 13.1. The number of primary amides is 1. The van der Waals surface area contributed by atoms with Gasteiger partial charge in [-0.2, -0.15) is 0 Å². The Hall–Kier alpha value is -1.51. The zero-order chi connectivity index (χ0) is 11.7. The lowest BCUT2D eigenvalue weighted by molar-refractivity contribution is -0.116. The standard InChI is InChI=1S/C12H20N2O/c1-4-7-8-11(12(13)15)14(9-5-2)10-6-3/h5-6,8H,2-4,7,9-10H2,1H3,(H2,13,15)/b11-8+. The number of nitrogens with two attached hydrogens (primary N) is 1. The summed E-state index contributed by atoms with van der Waals surface area (Å²) < 4.78 is 0. The molecule has 0 aromatic carbocycles. The quantitative estimate of drug-likeness (QED) is 0.488. The molecule has 0 atom stereocenters. The molecular formula is C12H20N2O. The highest BCUT2D eigenvalue weighted by Crippen LogP contribution is 2.06. The largest absolute Gasteiger partial charge is 0.364 e. The Kier molecular flexibility index (Phi) is 7.06. The molecule has 3 nitrogen and oxygen atoms in total. The molecule has 0 spiro atoms. The first kappa shape index (κ1) is 13.5. The number of unbranched alkanes of at least 4 members (excludes halogenated alkanes) is 1. The van der Waals surface area contributed by atoms with Gasteiger partial charge in [0.2, 0.25) is 0 Å². The Morgan fingerprint density at radius 3 is 2.20 bits per heavy atom. The van der Waals surface area contributed by atoms with Gasteiger partial charge in [0.15, 0.2) is 0 Å². The molecule has 0 saturated carbocycles. The van der Waals surface area contributed by atoms with Crippen molar-refractivity contribution in [2.45, 2.75) is 19.8 Å². The number of hydrogen-bond acceptors (Lipinski definition) is 2. The van der Waals surface area contributed by atoms with E-state index in [0.717, 1.165) is 12.8 Å². The molecule has 0 bridgehead atoms. The van der Waals surface area contributed by atoms with Crippen LogP contribution in [-0.2, 0) is 4.79 Å². The molecule has 1 amide bonds. The topological polar surface area (TPSA) is 46.3 Å². The third kappa shape index (κ3) is 5.05. The Labute approximate surface area is 91.9 Å². The fraction of sp³-hybridized carbons (Fsp3) is 0.417. The van der Waals surface area contributed by atoms with E-state index in [1.165, 1.54) is 0 Å². The molecule has 0 aliphatic carbocycles. The van der Waals surface area contributed by atoms with Crippen molar-refractivity contribution in [3.05, 3.63) is 37.1 Å². The second-order valence-electron chi connectivity index (χ2n) is 3.22. The maximum atomic E-state index is 11.2. The molecule has 0 aliphatic heterocycles. The molecule has 0 fully saturated rings. The van der Waals surface area contributed by atoms with E-state index in [1.807, 2.05) is 11.0 Å². The summed E-state index contributed by atoms with van der Waals surface area (Å²) in [6, 6.07) is 0. The minimum Gasteiger partial charge on any atom is -0.364 e. The molecule has 0 unspecified atom stereocenters. The summed E-state index contributed by atoms with van der Waals surface area (Å²) >= 11 is 0. The van der Waals surface area contributed by atoms with Crippen LogP contribution in [0, 0.1) is 0 Å². The third-order valence-corrected chi connectivity index (χ3v) is 1.92. The summed E-state index contributed by atoms with van der Waals surface area (Å²) in [6.45, 7) is 10.6. The number of rotatable bonds is 8. The maximum absolute atomic E-state index is 11.2. The van der Waals surface area contributed by atoms with Gasteiger partial charge in [-0.25, -0.2) is 0 Å². The van der Waals surface area contributed by atoms with Gasteiger partial charge in [-0.05, 0) is 6.42 Å². The molecule has 2 N–H and O–H groups in total.